The smallest absolute Gasteiger partial charge is 0.0687 e. The van der Waals surface area contributed by atoms with Gasteiger partial charge in [-0.3, -0.25) is 0 Å². The monoisotopic (exact) mass is 159 g/mol. The van der Waals surface area contributed by atoms with Gasteiger partial charge in [-0.2, -0.15) is 0 Å². The Morgan fingerprint density at radius 1 is 1.62 bits per heavy atom. The molecule has 1 unspecified atom stereocenters. The first-order chi connectivity index (χ1) is 3.31. The minimum atomic E-state index is -0.410. The van der Waals surface area contributed by atoms with Crippen molar-refractivity contribution in [2.75, 3.05) is 12.4 Å². The van der Waals surface area contributed by atoms with E-state index in [2.05, 4.69) is 0 Å². The minimum Gasteiger partial charge on any atom is -0.392 e. The number of alkyl halides is 1. The van der Waals surface area contributed by atoms with Crippen LogP contribution in [0.3, 0.4) is 0 Å². The normalized spacial score (nSPS) is 12.4. The van der Waals surface area contributed by atoms with Crippen molar-refractivity contribution in [2.24, 2.45) is 5.73 Å². The zero-order chi connectivity index (χ0) is 5.70. The van der Waals surface area contributed by atoms with Gasteiger partial charge in [0.15, 0.2) is 0 Å². The largest absolute Gasteiger partial charge is 0.392 e. The highest BCUT2D eigenvalue weighted by Crippen LogP contribution is 1.90. The quantitative estimate of drug-likeness (QED) is 0.585. The van der Waals surface area contributed by atoms with Gasteiger partial charge in [-0.25, -0.2) is 0 Å². The van der Waals surface area contributed by atoms with Gasteiger partial charge >= 0.3 is 0 Å². The fourth-order valence-electron chi connectivity index (χ4n) is 0.270. The Labute approximate surface area is 60.4 Å². The van der Waals surface area contributed by atoms with Crippen LogP contribution in [0.4, 0.5) is 0 Å². The lowest BCUT2D eigenvalue weighted by Gasteiger charge is -2.00. The molecule has 0 heterocycles. The molecule has 0 aromatic rings. The third-order valence-electron chi connectivity index (χ3n) is 0.678. The lowest BCUT2D eigenvalue weighted by Crippen LogP contribution is -2.14. The van der Waals surface area contributed by atoms with E-state index in [0.717, 1.165) is 0 Å². The highest BCUT2D eigenvalue weighted by molar-refractivity contribution is 6.18. The standard InChI is InChI=1S/C4H10ClNO.ClH/c5-3-4(7)1-2-6;/h4,7H,1-3,6H2;1H. The van der Waals surface area contributed by atoms with E-state index in [1.165, 1.54) is 0 Å². The van der Waals surface area contributed by atoms with Crippen molar-refractivity contribution >= 4 is 24.0 Å². The zero-order valence-electron chi connectivity index (χ0n) is 4.51. The molecule has 0 fully saturated rings. The zero-order valence-corrected chi connectivity index (χ0v) is 6.08. The summed E-state index contributed by atoms with van der Waals surface area (Å²) in [7, 11) is 0. The highest BCUT2D eigenvalue weighted by Gasteiger charge is 1.96. The van der Waals surface area contributed by atoms with Gasteiger partial charge in [0, 0.05) is 5.88 Å². The van der Waals surface area contributed by atoms with E-state index in [1.54, 1.807) is 0 Å². The summed E-state index contributed by atoms with van der Waals surface area (Å²) in [5.41, 5.74) is 5.09. The Morgan fingerprint density at radius 2 is 2.12 bits per heavy atom. The second kappa shape index (κ2) is 7.50. The molecule has 0 aromatic heterocycles. The van der Waals surface area contributed by atoms with Crippen LogP contribution in [0.25, 0.3) is 0 Å². The molecule has 52 valence electrons. The van der Waals surface area contributed by atoms with Crippen LogP contribution in [0, 0.1) is 0 Å². The molecule has 0 aliphatic carbocycles. The summed E-state index contributed by atoms with van der Waals surface area (Å²) in [6.07, 6.45) is 0.190. The maximum absolute atomic E-state index is 8.65. The number of hydrogen-bond acceptors (Lipinski definition) is 2. The van der Waals surface area contributed by atoms with Crippen molar-refractivity contribution in [1.29, 1.82) is 0 Å². The van der Waals surface area contributed by atoms with Crippen molar-refractivity contribution in [3.05, 3.63) is 0 Å². The van der Waals surface area contributed by atoms with Crippen LogP contribution < -0.4 is 5.73 Å². The highest BCUT2D eigenvalue weighted by atomic mass is 35.5. The van der Waals surface area contributed by atoms with Gasteiger partial charge in [0.2, 0.25) is 0 Å². The molecular weight excluding hydrogens is 149 g/mol. The Bertz CT molecular complexity index is 45.0. The van der Waals surface area contributed by atoms with Crippen molar-refractivity contribution in [3.8, 4) is 0 Å². The Balaban J connectivity index is 0. The van der Waals surface area contributed by atoms with E-state index in [1.807, 2.05) is 0 Å². The fraction of sp³-hybridized carbons (Fsp3) is 1.00. The van der Waals surface area contributed by atoms with Crippen LogP contribution in [-0.2, 0) is 0 Å². The van der Waals surface area contributed by atoms with Crippen molar-refractivity contribution in [2.45, 2.75) is 12.5 Å². The first-order valence-electron chi connectivity index (χ1n) is 2.25. The molecule has 0 amide bonds. The number of aliphatic hydroxyl groups is 1. The molecule has 0 aliphatic rings. The van der Waals surface area contributed by atoms with E-state index < -0.39 is 6.10 Å². The van der Waals surface area contributed by atoms with Gasteiger partial charge in [0.25, 0.3) is 0 Å². The fourth-order valence-corrected chi connectivity index (χ4v) is 0.424. The minimum absolute atomic E-state index is 0. The van der Waals surface area contributed by atoms with Gasteiger partial charge in [-0.1, -0.05) is 0 Å². The van der Waals surface area contributed by atoms with Gasteiger partial charge < -0.3 is 10.8 Å². The topological polar surface area (TPSA) is 46.2 Å². The molecule has 1 atom stereocenters. The number of rotatable bonds is 3. The number of nitrogens with two attached hydrogens (primary N) is 1. The van der Waals surface area contributed by atoms with Gasteiger partial charge in [-0.15, -0.1) is 24.0 Å². The maximum Gasteiger partial charge on any atom is 0.0687 e. The van der Waals surface area contributed by atoms with Crippen LogP contribution in [-0.4, -0.2) is 23.6 Å². The average molecular weight is 160 g/mol. The molecule has 8 heavy (non-hydrogen) atoms. The summed E-state index contributed by atoms with van der Waals surface area (Å²) in [4.78, 5) is 0. The van der Waals surface area contributed by atoms with E-state index in [-0.39, 0.29) is 18.3 Å². The average Bonchev–Trinajstić information content (AvgIpc) is 1.68. The van der Waals surface area contributed by atoms with Crippen LogP contribution in [0.15, 0.2) is 0 Å². The molecule has 0 saturated heterocycles. The van der Waals surface area contributed by atoms with Crippen LogP contribution in [0.1, 0.15) is 6.42 Å². The summed E-state index contributed by atoms with van der Waals surface area (Å²) in [6.45, 7) is 0.508. The van der Waals surface area contributed by atoms with Gasteiger partial charge in [-0.05, 0) is 13.0 Å². The molecule has 0 rings (SSSR count). The maximum atomic E-state index is 8.65. The molecule has 0 bridgehead atoms. The molecule has 0 aliphatic heterocycles. The lowest BCUT2D eigenvalue weighted by molar-refractivity contribution is 0.190. The van der Waals surface area contributed by atoms with Gasteiger partial charge in [0.1, 0.15) is 0 Å². The van der Waals surface area contributed by atoms with Crippen molar-refractivity contribution in [3.63, 3.8) is 0 Å². The first kappa shape index (κ1) is 11.3. The molecular formula is C4H11Cl2NO. The molecule has 0 spiro atoms. The number of hydrogen-bond donors (Lipinski definition) is 2. The van der Waals surface area contributed by atoms with E-state index in [0.29, 0.717) is 13.0 Å². The van der Waals surface area contributed by atoms with E-state index in [4.69, 9.17) is 22.4 Å². The third kappa shape index (κ3) is 6.50. The first-order valence-corrected chi connectivity index (χ1v) is 2.78. The predicted molar refractivity (Wildman–Crippen MR) is 37.6 cm³/mol. The van der Waals surface area contributed by atoms with Gasteiger partial charge in [0.05, 0.1) is 6.10 Å². The summed E-state index contributed by atoms with van der Waals surface area (Å²) in [5.74, 6) is 0.289. The SMILES string of the molecule is Cl.NCCC(O)CCl. The predicted octanol–water partition coefficient (Wildman–Crippen LogP) is 0.357. The van der Waals surface area contributed by atoms with Crippen LogP contribution >= 0.6 is 24.0 Å². The molecule has 0 radical (unpaired) electrons. The Kier molecular flexibility index (Phi) is 10.6. The molecule has 0 saturated carbocycles. The molecule has 0 aromatic carbocycles. The summed E-state index contributed by atoms with van der Waals surface area (Å²) in [5, 5.41) is 8.65. The van der Waals surface area contributed by atoms with E-state index >= 15 is 0 Å². The number of halogens is 2. The molecule has 2 nitrogen and oxygen atoms in total. The lowest BCUT2D eigenvalue weighted by atomic mass is 10.3. The Hall–Kier alpha value is 0.500. The summed E-state index contributed by atoms with van der Waals surface area (Å²) >= 11 is 5.23. The molecule has 3 N–H and O–H groups in total. The molecule has 4 heteroatoms. The third-order valence-corrected chi connectivity index (χ3v) is 1.03. The number of aliphatic hydroxyl groups excluding tert-OH is 1. The van der Waals surface area contributed by atoms with E-state index in [9.17, 15) is 0 Å². The van der Waals surface area contributed by atoms with Crippen molar-refractivity contribution < 1.29 is 5.11 Å². The second-order valence-corrected chi connectivity index (χ2v) is 1.69. The summed E-state index contributed by atoms with van der Waals surface area (Å²) in [6, 6.07) is 0. The summed E-state index contributed by atoms with van der Waals surface area (Å²) < 4.78 is 0. The van der Waals surface area contributed by atoms with Crippen LogP contribution in [0.2, 0.25) is 0 Å². The Morgan fingerprint density at radius 3 is 2.25 bits per heavy atom. The van der Waals surface area contributed by atoms with Crippen molar-refractivity contribution in [1.82, 2.24) is 0 Å². The van der Waals surface area contributed by atoms with Crippen LogP contribution in [0.5, 0.6) is 0 Å². The second-order valence-electron chi connectivity index (χ2n) is 1.39.